The highest BCUT2D eigenvalue weighted by atomic mass is 16.6. The average Bonchev–Trinajstić information content (AvgIpc) is 2.50. The molecule has 10 nitrogen and oxygen atoms in total. The van der Waals surface area contributed by atoms with E-state index >= 15 is 0 Å². The normalized spacial score (nSPS) is 12.5. The van der Waals surface area contributed by atoms with Crippen LogP contribution in [-0.2, 0) is 0 Å². The first-order valence-electron chi connectivity index (χ1n) is 6.35. The Kier molecular flexibility index (Phi) is 3.04. The lowest BCUT2D eigenvalue weighted by molar-refractivity contribution is -0.422. The summed E-state index contributed by atoms with van der Waals surface area (Å²) in [7, 11) is 0. The summed E-state index contributed by atoms with van der Waals surface area (Å²) in [6, 6.07) is 4.03. The quantitative estimate of drug-likeness (QED) is 0.530. The van der Waals surface area contributed by atoms with Gasteiger partial charge in [-0.3, -0.25) is 29.8 Å². The second kappa shape index (κ2) is 4.84. The SMILES string of the molecule is O=C1c2cccc(O)c2C(=O)c2c1c(O)cc([N+](=O)[O-])c2[N+](=O)[O-]. The minimum absolute atomic E-state index is 0.258. The summed E-state index contributed by atoms with van der Waals surface area (Å²) in [6.07, 6.45) is 0. The van der Waals surface area contributed by atoms with E-state index in [1.165, 1.54) is 12.1 Å². The molecular weight excluding hydrogens is 324 g/mol. The third-order valence-electron chi connectivity index (χ3n) is 3.61. The van der Waals surface area contributed by atoms with Gasteiger partial charge in [0.05, 0.1) is 27.0 Å². The van der Waals surface area contributed by atoms with Crippen LogP contribution in [0.4, 0.5) is 11.4 Å². The molecule has 0 heterocycles. The van der Waals surface area contributed by atoms with Gasteiger partial charge in [0.1, 0.15) is 17.1 Å². The standard InChI is InChI=1S/C14H6N2O8/c17-7-3-1-2-5-9(7)14(20)11-10(13(5)19)8(18)4-6(15(21)22)12(11)16(23)24/h1-4,17-18H. The molecule has 1 aliphatic rings. The lowest BCUT2D eigenvalue weighted by atomic mass is 9.82. The van der Waals surface area contributed by atoms with Crippen LogP contribution in [0, 0.1) is 20.2 Å². The molecule has 0 aromatic heterocycles. The van der Waals surface area contributed by atoms with Gasteiger partial charge in [-0.05, 0) is 6.07 Å². The highest BCUT2D eigenvalue weighted by Crippen LogP contribution is 2.44. The number of fused-ring (bicyclic) bond motifs is 2. The molecule has 0 atom stereocenters. The third-order valence-corrected chi connectivity index (χ3v) is 3.61. The lowest BCUT2D eigenvalue weighted by Crippen LogP contribution is -2.23. The highest BCUT2D eigenvalue weighted by Gasteiger charge is 2.44. The summed E-state index contributed by atoms with van der Waals surface area (Å²) in [5.74, 6) is -3.62. The van der Waals surface area contributed by atoms with Crippen LogP contribution in [0.15, 0.2) is 24.3 Å². The zero-order valence-corrected chi connectivity index (χ0v) is 11.5. The third kappa shape index (κ3) is 1.83. The molecule has 0 unspecified atom stereocenters. The maximum absolute atomic E-state index is 12.6. The molecule has 2 N–H and O–H groups in total. The predicted molar refractivity (Wildman–Crippen MR) is 76.4 cm³/mol. The first kappa shape index (κ1) is 15.1. The van der Waals surface area contributed by atoms with Crippen molar-refractivity contribution in [3.8, 4) is 11.5 Å². The van der Waals surface area contributed by atoms with Crippen molar-refractivity contribution in [3.05, 3.63) is 66.7 Å². The Morgan fingerprint density at radius 3 is 2.08 bits per heavy atom. The van der Waals surface area contributed by atoms with E-state index in [0.29, 0.717) is 6.07 Å². The number of nitro groups is 2. The van der Waals surface area contributed by atoms with Crippen molar-refractivity contribution in [1.82, 2.24) is 0 Å². The molecule has 0 aliphatic heterocycles. The van der Waals surface area contributed by atoms with Gasteiger partial charge < -0.3 is 10.2 Å². The van der Waals surface area contributed by atoms with E-state index in [1.807, 2.05) is 0 Å². The second-order valence-electron chi connectivity index (χ2n) is 4.89. The van der Waals surface area contributed by atoms with Gasteiger partial charge in [-0.1, -0.05) is 12.1 Å². The molecule has 0 fully saturated rings. The maximum Gasteiger partial charge on any atom is 0.358 e. The zero-order valence-electron chi connectivity index (χ0n) is 11.5. The number of ketones is 2. The summed E-state index contributed by atoms with van der Waals surface area (Å²) in [6.45, 7) is 0. The number of carbonyl (C=O) groups excluding carboxylic acids is 2. The van der Waals surface area contributed by atoms with Crippen LogP contribution in [0.3, 0.4) is 0 Å². The number of nitro benzene ring substituents is 2. The zero-order chi connectivity index (χ0) is 17.8. The van der Waals surface area contributed by atoms with Crippen LogP contribution < -0.4 is 0 Å². The minimum atomic E-state index is -1.21. The van der Waals surface area contributed by atoms with E-state index in [1.54, 1.807) is 0 Å². The predicted octanol–water partition coefficient (Wildman–Crippen LogP) is 1.69. The largest absolute Gasteiger partial charge is 0.507 e. The van der Waals surface area contributed by atoms with Crippen LogP contribution in [0.2, 0.25) is 0 Å². The fraction of sp³-hybridized carbons (Fsp3) is 0. The van der Waals surface area contributed by atoms with Crippen molar-refractivity contribution in [2.75, 3.05) is 0 Å². The van der Waals surface area contributed by atoms with E-state index in [9.17, 15) is 40.0 Å². The summed E-state index contributed by atoms with van der Waals surface area (Å²) >= 11 is 0. The van der Waals surface area contributed by atoms with Gasteiger partial charge in [0.25, 0.3) is 0 Å². The van der Waals surface area contributed by atoms with Crippen molar-refractivity contribution < 1.29 is 29.6 Å². The van der Waals surface area contributed by atoms with Gasteiger partial charge in [0, 0.05) is 5.56 Å². The van der Waals surface area contributed by atoms with Gasteiger partial charge in [-0.2, -0.15) is 0 Å². The number of aromatic hydroxyl groups is 2. The van der Waals surface area contributed by atoms with Crippen molar-refractivity contribution in [1.29, 1.82) is 0 Å². The average molecular weight is 330 g/mol. The van der Waals surface area contributed by atoms with Crippen molar-refractivity contribution in [2.45, 2.75) is 0 Å². The van der Waals surface area contributed by atoms with E-state index < -0.39 is 61.0 Å². The molecule has 0 spiro atoms. The number of hydrogen-bond acceptors (Lipinski definition) is 8. The van der Waals surface area contributed by atoms with Gasteiger partial charge >= 0.3 is 11.4 Å². The number of nitrogens with zero attached hydrogens (tertiary/aromatic N) is 2. The number of rotatable bonds is 2. The van der Waals surface area contributed by atoms with E-state index in [0.717, 1.165) is 6.07 Å². The molecule has 1 aliphatic carbocycles. The molecule has 0 saturated heterocycles. The molecule has 120 valence electrons. The first-order valence-corrected chi connectivity index (χ1v) is 6.35. The lowest BCUT2D eigenvalue weighted by Gasteiger charge is -2.18. The van der Waals surface area contributed by atoms with Crippen LogP contribution >= 0.6 is 0 Å². The maximum atomic E-state index is 12.6. The number of carbonyl (C=O) groups is 2. The molecule has 2 aromatic carbocycles. The number of phenols is 2. The first-order chi connectivity index (χ1) is 11.3. The smallest absolute Gasteiger partial charge is 0.358 e. The van der Waals surface area contributed by atoms with E-state index in [2.05, 4.69) is 0 Å². The molecule has 0 bridgehead atoms. The fourth-order valence-electron chi connectivity index (χ4n) is 2.65. The summed E-state index contributed by atoms with van der Waals surface area (Å²) in [5, 5.41) is 42.0. The summed E-state index contributed by atoms with van der Waals surface area (Å²) in [4.78, 5) is 45.0. The Balaban J connectivity index is 2.50. The van der Waals surface area contributed by atoms with Gasteiger partial charge in [0.15, 0.2) is 5.78 Å². The topological polar surface area (TPSA) is 161 Å². The van der Waals surface area contributed by atoms with Gasteiger partial charge in [-0.25, -0.2) is 0 Å². The fourth-order valence-corrected chi connectivity index (χ4v) is 2.65. The monoisotopic (exact) mass is 330 g/mol. The Hall–Kier alpha value is -3.82. The van der Waals surface area contributed by atoms with Gasteiger partial charge in [0.2, 0.25) is 5.78 Å². The molecule has 0 amide bonds. The Morgan fingerprint density at radius 1 is 0.833 bits per heavy atom. The number of hydrogen-bond donors (Lipinski definition) is 2. The van der Waals surface area contributed by atoms with Gasteiger partial charge in [-0.15, -0.1) is 0 Å². The molecule has 0 radical (unpaired) electrons. The molecule has 24 heavy (non-hydrogen) atoms. The number of benzene rings is 2. The summed E-state index contributed by atoms with van der Waals surface area (Å²) in [5.41, 5.74) is -4.71. The summed E-state index contributed by atoms with van der Waals surface area (Å²) < 4.78 is 0. The molecule has 0 saturated carbocycles. The van der Waals surface area contributed by atoms with Crippen LogP contribution in [0.5, 0.6) is 11.5 Å². The van der Waals surface area contributed by atoms with Crippen LogP contribution in [0.1, 0.15) is 31.8 Å². The second-order valence-corrected chi connectivity index (χ2v) is 4.89. The van der Waals surface area contributed by atoms with E-state index in [-0.39, 0.29) is 5.56 Å². The van der Waals surface area contributed by atoms with Crippen molar-refractivity contribution in [2.24, 2.45) is 0 Å². The Bertz CT molecular complexity index is 979. The van der Waals surface area contributed by atoms with Crippen LogP contribution in [-0.4, -0.2) is 31.6 Å². The van der Waals surface area contributed by atoms with Crippen LogP contribution in [0.25, 0.3) is 0 Å². The Morgan fingerprint density at radius 2 is 1.50 bits per heavy atom. The molecular formula is C14H6N2O8. The molecule has 3 rings (SSSR count). The number of phenolic OH excluding ortho intramolecular Hbond substituents is 2. The van der Waals surface area contributed by atoms with Crippen molar-refractivity contribution in [3.63, 3.8) is 0 Å². The highest BCUT2D eigenvalue weighted by molar-refractivity contribution is 6.32. The molecule has 2 aromatic rings. The minimum Gasteiger partial charge on any atom is -0.507 e. The Labute approximate surface area is 131 Å². The molecule has 10 heteroatoms. The van der Waals surface area contributed by atoms with E-state index in [4.69, 9.17) is 0 Å². The van der Waals surface area contributed by atoms with Crippen molar-refractivity contribution >= 4 is 22.9 Å².